The third kappa shape index (κ3) is 8.48. The Balaban J connectivity index is 1.40. The molecule has 1 amide bonds. The summed E-state index contributed by atoms with van der Waals surface area (Å²) < 4.78 is 20.8. The van der Waals surface area contributed by atoms with E-state index in [1.54, 1.807) is 32.4 Å². The number of nitrogens with two attached hydrogens (primary N) is 1. The van der Waals surface area contributed by atoms with Gasteiger partial charge in [0, 0.05) is 6.07 Å². The summed E-state index contributed by atoms with van der Waals surface area (Å²) in [6.07, 6.45) is 3.41. The third-order valence-corrected chi connectivity index (χ3v) is 5.18. The van der Waals surface area contributed by atoms with Crippen molar-refractivity contribution in [2.75, 3.05) is 27.4 Å². The molecule has 3 aromatic carbocycles. The number of methoxy groups -OCH3 is 2. The van der Waals surface area contributed by atoms with E-state index in [1.807, 2.05) is 66.7 Å². The predicted octanol–water partition coefficient (Wildman–Crippen LogP) is 4.08. The quantitative estimate of drug-likeness (QED) is 0.180. The number of nitrogens with one attached hydrogen (secondary N) is 1. The average Bonchev–Trinajstić information content (AvgIpc) is 2.90. The summed E-state index contributed by atoms with van der Waals surface area (Å²) in [4.78, 5) is 24.0. The molecule has 0 aromatic heterocycles. The van der Waals surface area contributed by atoms with Crippen LogP contribution in [0.1, 0.15) is 16.7 Å². The molecule has 3 N–H and O–H groups in total. The zero-order valence-corrected chi connectivity index (χ0v) is 20.3. The van der Waals surface area contributed by atoms with Crippen molar-refractivity contribution in [1.82, 2.24) is 5.32 Å². The Morgan fingerprint density at radius 3 is 2.14 bits per heavy atom. The maximum absolute atomic E-state index is 12.1. The van der Waals surface area contributed by atoms with E-state index in [0.29, 0.717) is 23.7 Å². The molecule has 3 aromatic rings. The Labute approximate surface area is 210 Å². The average molecular weight is 491 g/mol. The van der Waals surface area contributed by atoms with Gasteiger partial charge in [0.1, 0.15) is 23.9 Å². The minimum absolute atomic E-state index is 0.0343. The Morgan fingerprint density at radius 2 is 1.50 bits per heavy atom. The van der Waals surface area contributed by atoms with Gasteiger partial charge in [-0.1, -0.05) is 54.6 Å². The van der Waals surface area contributed by atoms with Crippen LogP contribution in [0.15, 0.2) is 72.8 Å². The highest BCUT2D eigenvalue weighted by Crippen LogP contribution is 2.24. The SMILES string of the molecule is COc1cc(C=Cc2ccc(OC(=O)OCCNC(=O)C(N)Cc3ccccc3)cc2)cc(OC)c1. The molecule has 0 spiro atoms. The van der Waals surface area contributed by atoms with Gasteiger partial charge in [0.05, 0.1) is 26.8 Å². The fraction of sp³-hybridized carbons (Fsp3) is 0.214. The maximum atomic E-state index is 12.1. The van der Waals surface area contributed by atoms with E-state index in [1.165, 1.54) is 0 Å². The zero-order valence-electron chi connectivity index (χ0n) is 20.3. The van der Waals surface area contributed by atoms with Crippen LogP contribution in [0.5, 0.6) is 17.2 Å². The molecule has 0 saturated heterocycles. The van der Waals surface area contributed by atoms with Crippen molar-refractivity contribution >= 4 is 24.2 Å². The molecule has 1 atom stereocenters. The molecule has 188 valence electrons. The summed E-state index contributed by atoms with van der Waals surface area (Å²) in [5.41, 5.74) is 8.73. The first-order valence-electron chi connectivity index (χ1n) is 11.4. The summed E-state index contributed by atoms with van der Waals surface area (Å²) in [7, 11) is 3.20. The molecule has 3 rings (SSSR count). The third-order valence-electron chi connectivity index (χ3n) is 5.18. The molecule has 0 bridgehead atoms. The highest BCUT2D eigenvalue weighted by Gasteiger charge is 2.14. The molecule has 8 nitrogen and oxygen atoms in total. The van der Waals surface area contributed by atoms with Crippen molar-refractivity contribution in [1.29, 1.82) is 0 Å². The van der Waals surface area contributed by atoms with Crippen molar-refractivity contribution in [2.24, 2.45) is 5.73 Å². The van der Waals surface area contributed by atoms with Gasteiger partial charge < -0.3 is 30.0 Å². The zero-order chi connectivity index (χ0) is 25.8. The largest absolute Gasteiger partial charge is 0.513 e. The fourth-order valence-electron chi connectivity index (χ4n) is 3.29. The second kappa shape index (κ2) is 13.6. The van der Waals surface area contributed by atoms with Gasteiger partial charge in [-0.15, -0.1) is 0 Å². The van der Waals surface area contributed by atoms with E-state index < -0.39 is 12.2 Å². The number of rotatable bonds is 11. The molecule has 1 unspecified atom stereocenters. The lowest BCUT2D eigenvalue weighted by molar-refractivity contribution is -0.122. The van der Waals surface area contributed by atoms with Gasteiger partial charge in [-0.25, -0.2) is 4.79 Å². The van der Waals surface area contributed by atoms with E-state index >= 15 is 0 Å². The first-order chi connectivity index (χ1) is 17.5. The van der Waals surface area contributed by atoms with E-state index in [9.17, 15) is 9.59 Å². The Hall–Kier alpha value is -4.30. The summed E-state index contributed by atoms with van der Waals surface area (Å²) in [5.74, 6) is 1.43. The highest BCUT2D eigenvalue weighted by atomic mass is 16.7. The second-order valence-corrected chi connectivity index (χ2v) is 7.84. The number of benzene rings is 3. The van der Waals surface area contributed by atoms with Crippen LogP contribution < -0.4 is 25.3 Å². The number of carbonyl (C=O) groups is 2. The van der Waals surface area contributed by atoms with E-state index in [0.717, 1.165) is 16.7 Å². The number of hydrogen-bond donors (Lipinski definition) is 2. The van der Waals surface area contributed by atoms with Gasteiger partial charge in [0.2, 0.25) is 5.91 Å². The number of ether oxygens (including phenoxy) is 4. The van der Waals surface area contributed by atoms with Crippen molar-refractivity contribution < 1.29 is 28.5 Å². The summed E-state index contributed by atoms with van der Waals surface area (Å²) in [5, 5.41) is 2.65. The standard InChI is InChI=1S/C28H30N2O6/c1-33-24-16-22(17-25(19-24)34-2)9-8-20-10-12-23(13-11-20)36-28(32)35-15-14-30-27(31)26(29)18-21-6-4-3-5-7-21/h3-13,16-17,19,26H,14-15,18,29H2,1-2H3,(H,30,31). The normalized spacial score (nSPS) is 11.5. The highest BCUT2D eigenvalue weighted by molar-refractivity contribution is 5.81. The molecule has 36 heavy (non-hydrogen) atoms. The van der Waals surface area contributed by atoms with Crippen LogP contribution in [0.2, 0.25) is 0 Å². The molecule has 0 saturated carbocycles. The van der Waals surface area contributed by atoms with E-state index in [2.05, 4.69) is 5.32 Å². The lowest BCUT2D eigenvalue weighted by Crippen LogP contribution is -2.43. The molecular weight excluding hydrogens is 460 g/mol. The second-order valence-electron chi connectivity index (χ2n) is 7.84. The Morgan fingerprint density at radius 1 is 0.861 bits per heavy atom. The minimum atomic E-state index is -0.857. The van der Waals surface area contributed by atoms with Crippen molar-refractivity contribution in [3.8, 4) is 17.2 Å². The number of carbonyl (C=O) groups excluding carboxylic acids is 2. The van der Waals surface area contributed by atoms with Crippen LogP contribution in [-0.4, -0.2) is 45.5 Å². The molecule has 0 fully saturated rings. The van der Waals surface area contributed by atoms with Crippen LogP contribution in [0.3, 0.4) is 0 Å². The van der Waals surface area contributed by atoms with Gasteiger partial charge in [-0.05, 0) is 47.4 Å². The van der Waals surface area contributed by atoms with E-state index in [-0.39, 0.29) is 19.1 Å². The number of amides is 1. The Kier molecular flexibility index (Phi) is 9.90. The molecular formula is C28H30N2O6. The lowest BCUT2D eigenvalue weighted by atomic mass is 10.1. The lowest BCUT2D eigenvalue weighted by Gasteiger charge is -2.12. The molecule has 0 heterocycles. The van der Waals surface area contributed by atoms with Crippen LogP contribution >= 0.6 is 0 Å². The molecule has 0 aliphatic rings. The molecule has 8 heteroatoms. The minimum Gasteiger partial charge on any atom is -0.497 e. The summed E-state index contributed by atoms with van der Waals surface area (Å²) in [6.45, 7) is 0.0999. The topological polar surface area (TPSA) is 109 Å². The maximum Gasteiger partial charge on any atom is 0.513 e. The summed E-state index contributed by atoms with van der Waals surface area (Å²) in [6, 6.07) is 21.4. The predicted molar refractivity (Wildman–Crippen MR) is 138 cm³/mol. The van der Waals surface area contributed by atoms with Crippen LogP contribution in [0.25, 0.3) is 12.2 Å². The smallest absolute Gasteiger partial charge is 0.497 e. The van der Waals surface area contributed by atoms with E-state index in [4.69, 9.17) is 24.7 Å². The number of hydrogen-bond acceptors (Lipinski definition) is 7. The van der Waals surface area contributed by atoms with Gasteiger partial charge in [0.25, 0.3) is 0 Å². The van der Waals surface area contributed by atoms with Crippen LogP contribution in [-0.2, 0) is 16.0 Å². The molecule has 0 aliphatic heterocycles. The summed E-state index contributed by atoms with van der Waals surface area (Å²) >= 11 is 0. The van der Waals surface area contributed by atoms with Crippen molar-refractivity contribution in [3.63, 3.8) is 0 Å². The first kappa shape index (κ1) is 26.3. The van der Waals surface area contributed by atoms with Crippen LogP contribution in [0, 0.1) is 0 Å². The molecule has 0 aliphatic carbocycles. The van der Waals surface area contributed by atoms with Crippen LogP contribution in [0.4, 0.5) is 4.79 Å². The van der Waals surface area contributed by atoms with Gasteiger partial charge in [-0.3, -0.25) is 4.79 Å². The molecule has 0 radical (unpaired) electrons. The monoisotopic (exact) mass is 490 g/mol. The first-order valence-corrected chi connectivity index (χ1v) is 11.4. The Bertz CT molecular complexity index is 1140. The van der Waals surface area contributed by atoms with Gasteiger partial charge in [-0.2, -0.15) is 0 Å². The van der Waals surface area contributed by atoms with Gasteiger partial charge >= 0.3 is 6.16 Å². The van der Waals surface area contributed by atoms with Crippen molar-refractivity contribution in [3.05, 3.63) is 89.5 Å². The van der Waals surface area contributed by atoms with Gasteiger partial charge in [0.15, 0.2) is 0 Å². The van der Waals surface area contributed by atoms with Crippen molar-refractivity contribution in [2.45, 2.75) is 12.5 Å². The fourth-order valence-corrected chi connectivity index (χ4v) is 3.29.